The molecule has 2 heterocycles. The van der Waals surface area contributed by atoms with E-state index < -0.39 is 0 Å². The normalized spacial score (nSPS) is 20.8. The van der Waals surface area contributed by atoms with Gasteiger partial charge in [-0.15, -0.1) is 0 Å². The third-order valence-corrected chi connectivity index (χ3v) is 5.79. The first kappa shape index (κ1) is 18.6. The van der Waals surface area contributed by atoms with Gasteiger partial charge in [-0.05, 0) is 53.9 Å². The number of hydrogen-bond donors (Lipinski definition) is 1. The van der Waals surface area contributed by atoms with Gasteiger partial charge in [0.1, 0.15) is 0 Å². The van der Waals surface area contributed by atoms with E-state index in [0.717, 1.165) is 35.9 Å². The van der Waals surface area contributed by atoms with Crippen LogP contribution in [0, 0.1) is 0 Å². The van der Waals surface area contributed by atoms with Gasteiger partial charge in [0.2, 0.25) is 0 Å². The highest BCUT2D eigenvalue weighted by Crippen LogP contribution is 2.25. The number of hydrogen-bond acceptors (Lipinski definition) is 4. The Labute approximate surface area is 160 Å². The second-order valence-electron chi connectivity index (χ2n) is 6.39. The molecule has 1 fully saturated rings. The highest BCUT2D eigenvalue weighted by molar-refractivity contribution is 9.10. The number of rotatable bonds is 5. The van der Waals surface area contributed by atoms with E-state index in [0.29, 0.717) is 22.5 Å². The predicted molar refractivity (Wildman–Crippen MR) is 104 cm³/mol. The van der Waals surface area contributed by atoms with Gasteiger partial charge in [-0.1, -0.05) is 23.8 Å². The first-order valence-electron chi connectivity index (χ1n) is 8.26. The molecule has 2 unspecified atom stereocenters. The average molecular weight is 427 g/mol. The minimum Gasteiger partial charge on any atom is -0.380 e. The Morgan fingerprint density at radius 3 is 3.12 bits per heavy atom. The Bertz CT molecular complexity index is 852. The van der Waals surface area contributed by atoms with E-state index in [1.54, 1.807) is 30.1 Å². The van der Waals surface area contributed by atoms with Crippen LogP contribution in [0.2, 0.25) is 5.02 Å². The summed E-state index contributed by atoms with van der Waals surface area (Å²) in [6, 6.07) is 3.65. The van der Waals surface area contributed by atoms with Gasteiger partial charge in [-0.3, -0.25) is 9.36 Å². The summed E-state index contributed by atoms with van der Waals surface area (Å²) in [6.07, 6.45) is 4.69. The maximum Gasteiger partial charge on any atom is 0.261 e. The topological polar surface area (TPSA) is 56.1 Å². The second-order valence-corrected chi connectivity index (χ2v) is 7.65. The number of methoxy groups -OCH3 is 1. The van der Waals surface area contributed by atoms with Crippen molar-refractivity contribution in [2.75, 3.05) is 13.7 Å². The highest BCUT2D eigenvalue weighted by atomic mass is 79.9. The lowest BCUT2D eigenvalue weighted by Crippen LogP contribution is -2.46. The van der Waals surface area contributed by atoms with E-state index in [4.69, 9.17) is 16.3 Å². The van der Waals surface area contributed by atoms with Crippen molar-refractivity contribution in [2.24, 2.45) is 0 Å². The third-order valence-electron chi connectivity index (χ3n) is 4.59. The van der Waals surface area contributed by atoms with Gasteiger partial charge in [0.05, 0.1) is 28.4 Å². The zero-order valence-electron chi connectivity index (χ0n) is 14.1. The molecule has 5 nitrogen and oxygen atoms in total. The van der Waals surface area contributed by atoms with Crippen molar-refractivity contribution in [3.63, 3.8) is 0 Å². The van der Waals surface area contributed by atoms with Crippen LogP contribution >= 0.6 is 27.5 Å². The van der Waals surface area contributed by atoms with Crippen molar-refractivity contribution in [1.29, 1.82) is 0 Å². The van der Waals surface area contributed by atoms with Crippen molar-refractivity contribution in [3.05, 3.63) is 50.5 Å². The fraction of sp³-hybridized carbons (Fsp3) is 0.444. The molecule has 2 atom stereocenters. The Kier molecular flexibility index (Phi) is 5.94. The number of ether oxygens (including phenoxy) is 1. The molecule has 0 amide bonds. The fourth-order valence-corrected chi connectivity index (χ4v) is 3.79. The van der Waals surface area contributed by atoms with E-state index >= 15 is 0 Å². The van der Waals surface area contributed by atoms with Gasteiger partial charge in [-0.2, -0.15) is 0 Å². The molecule has 1 aromatic carbocycles. The monoisotopic (exact) mass is 425 g/mol. The van der Waals surface area contributed by atoms with Gasteiger partial charge in [0.15, 0.2) is 0 Å². The molecule has 0 aliphatic carbocycles. The van der Waals surface area contributed by atoms with Crippen molar-refractivity contribution < 1.29 is 4.74 Å². The molecule has 25 heavy (non-hydrogen) atoms. The molecular formula is C18H21BrClN3O2. The molecule has 3 rings (SSSR count). The summed E-state index contributed by atoms with van der Waals surface area (Å²) in [5.74, 6) is 0. The maximum atomic E-state index is 12.7. The molecule has 1 aliphatic rings. The summed E-state index contributed by atoms with van der Waals surface area (Å²) < 4.78 is 7.87. The number of halogens is 2. The molecular weight excluding hydrogens is 406 g/mol. The molecule has 0 saturated carbocycles. The van der Waals surface area contributed by atoms with Crippen LogP contribution in [0.25, 0.3) is 10.9 Å². The van der Waals surface area contributed by atoms with E-state index in [1.807, 2.05) is 0 Å². The zero-order valence-corrected chi connectivity index (χ0v) is 16.4. The van der Waals surface area contributed by atoms with E-state index in [9.17, 15) is 4.79 Å². The quantitative estimate of drug-likeness (QED) is 0.743. The van der Waals surface area contributed by atoms with E-state index in [-0.39, 0.29) is 17.7 Å². The van der Waals surface area contributed by atoms with E-state index in [2.05, 4.69) is 32.8 Å². The predicted octanol–water partition coefficient (Wildman–Crippen LogP) is 3.53. The van der Waals surface area contributed by atoms with Crippen molar-refractivity contribution >= 4 is 38.4 Å². The smallest absolute Gasteiger partial charge is 0.261 e. The second kappa shape index (κ2) is 7.99. The number of piperidine rings is 1. The molecule has 1 aliphatic heterocycles. The Morgan fingerprint density at radius 2 is 2.36 bits per heavy atom. The lowest BCUT2D eigenvalue weighted by atomic mass is 9.95. The van der Waals surface area contributed by atoms with Crippen LogP contribution in [0.4, 0.5) is 0 Å². The molecule has 1 N–H and O–H groups in total. The fourth-order valence-electron chi connectivity index (χ4n) is 3.29. The summed E-state index contributed by atoms with van der Waals surface area (Å²) in [7, 11) is 1.74. The van der Waals surface area contributed by atoms with Gasteiger partial charge in [0, 0.05) is 24.2 Å². The Hall–Kier alpha value is -1.21. The summed E-state index contributed by atoms with van der Waals surface area (Å²) in [5.41, 5.74) is 1.48. The zero-order chi connectivity index (χ0) is 18.0. The average Bonchev–Trinajstić information content (AvgIpc) is 2.60. The summed E-state index contributed by atoms with van der Waals surface area (Å²) >= 11 is 9.47. The van der Waals surface area contributed by atoms with Crippen molar-refractivity contribution in [1.82, 2.24) is 14.9 Å². The lowest BCUT2D eigenvalue weighted by molar-refractivity contribution is 0.0454. The first-order valence-corrected chi connectivity index (χ1v) is 9.43. The third kappa shape index (κ3) is 4.14. The lowest BCUT2D eigenvalue weighted by Gasteiger charge is -2.32. The van der Waals surface area contributed by atoms with Crippen LogP contribution in [0.1, 0.15) is 19.3 Å². The number of nitrogens with one attached hydrogen (secondary N) is 1. The van der Waals surface area contributed by atoms with Gasteiger partial charge in [-0.25, -0.2) is 4.98 Å². The highest BCUT2D eigenvalue weighted by Gasteiger charge is 2.24. The van der Waals surface area contributed by atoms with Crippen LogP contribution in [-0.4, -0.2) is 35.4 Å². The van der Waals surface area contributed by atoms with Crippen molar-refractivity contribution in [3.8, 4) is 0 Å². The molecule has 0 spiro atoms. The van der Waals surface area contributed by atoms with Crippen LogP contribution < -0.4 is 10.9 Å². The minimum absolute atomic E-state index is 0.111. The molecule has 0 radical (unpaired) electrons. The molecule has 2 aromatic rings. The number of fused-ring (bicyclic) bond motifs is 1. The van der Waals surface area contributed by atoms with E-state index in [1.165, 1.54) is 0 Å². The Morgan fingerprint density at radius 1 is 1.56 bits per heavy atom. The Balaban J connectivity index is 1.78. The first-order chi connectivity index (χ1) is 12.0. The summed E-state index contributed by atoms with van der Waals surface area (Å²) in [5, 5.41) is 4.49. The number of nitrogens with zero attached hydrogens (tertiary/aromatic N) is 2. The van der Waals surface area contributed by atoms with Crippen LogP contribution in [0.5, 0.6) is 0 Å². The summed E-state index contributed by atoms with van der Waals surface area (Å²) in [4.78, 5) is 17.1. The number of aromatic nitrogens is 2. The number of benzene rings is 1. The van der Waals surface area contributed by atoms with Gasteiger partial charge < -0.3 is 10.1 Å². The molecule has 1 aromatic heterocycles. The summed E-state index contributed by atoms with van der Waals surface area (Å²) in [6.45, 7) is 5.57. The largest absolute Gasteiger partial charge is 0.380 e. The standard InChI is InChI=1S/C18H21BrClN3O2/c1-11(6-16-17(25-2)4-3-5-21-16)9-23-10-22-15-8-13(19)14(20)7-12(15)18(23)24/h7-8,10,16-17,21H,1,3-6,9H2,2H3. The molecule has 0 bridgehead atoms. The van der Waals surface area contributed by atoms with Crippen LogP contribution in [0.3, 0.4) is 0 Å². The van der Waals surface area contributed by atoms with Crippen molar-refractivity contribution in [2.45, 2.75) is 38.0 Å². The molecule has 1 saturated heterocycles. The minimum atomic E-state index is -0.111. The SMILES string of the molecule is C=C(CC1NCCCC1OC)Cn1cnc2cc(Br)c(Cl)cc2c1=O. The molecule has 134 valence electrons. The van der Waals surface area contributed by atoms with Gasteiger partial charge >= 0.3 is 0 Å². The van der Waals surface area contributed by atoms with Crippen LogP contribution in [0.15, 0.2) is 39.9 Å². The van der Waals surface area contributed by atoms with Gasteiger partial charge in [0.25, 0.3) is 5.56 Å². The maximum absolute atomic E-state index is 12.7. The van der Waals surface area contributed by atoms with Crippen LogP contribution in [-0.2, 0) is 11.3 Å². The molecule has 7 heteroatoms.